The number of benzene rings is 1. The highest BCUT2D eigenvalue weighted by Crippen LogP contribution is 2.20. The maximum atomic E-state index is 12.0. The summed E-state index contributed by atoms with van der Waals surface area (Å²) in [5, 5.41) is 12.3. The Kier molecular flexibility index (Phi) is 3.28. The van der Waals surface area contributed by atoms with Gasteiger partial charge in [-0.2, -0.15) is 0 Å². The molecule has 1 aromatic carbocycles. The predicted molar refractivity (Wildman–Crippen MR) is 69.8 cm³/mol. The number of aryl methyl sites for hydroxylation is 1. The van der Waals surface area contributed by atoms with Crippen molar-refractivity contribution in [3.05, 3.63) is 53.2 Å². The molecule has 2 rings (SSSR count). The van der Waals surface area contributed by atoms with E-state index < -0.39 is 0 Å². The van der Waals surface area contributed by atoms with Crippen molar-refractivity contribution in [3.63, 3.8) is 0 Å². The quantitative estimate of drug-likeness (QED) is 0.851. The van der Waals surface area contributed by atoms with Crippen molar-refractivity contribution in [1.29, 1.82) is 0 Å². The van der Waals surface area contributed by atoms with E-state index in [4.69, 9.17) is 0 Å². The lowest BCUT2D eigenvalue weighted by Gasteiger charge is -2.08. The Labute approximate surface area is 105 Å². The Hall–Kier alpha value is -2.36. The van der Waals surface area contributed by atoms with Crippen LogP contribution in [0.5, 0.6) is 5.75 Å². The number of pyridine rings is 1. The van der Waals surface area contributed by atoms with E-state index in [2.05, 4.69) is 10.3 Å². The summed E-state index contributed by atoms with van der Waals surface area (Å²) in [5.41, 5.74) is 1.83. The SMILES string of the molecule is Cc1cccc(NC(=O)c2cccc(O)c2C)n1. The molecular weight excluding hydrogens is 228 g/mol. The van der Waals surface area contributed by atoms with Gasteiger partial charge in [-0.05, 0) is 38.1 Å². The van der Waals surface area contributed by atoms with Crippen LogP contribution in [-0.2, 0) is 0 Å². The summed E-state index contributed by atoms with van der Waals surface area (Å²) in [4.78, 5) is 16.2. The van der Waals surface area contributed by atoms with Crippen LogP contribution < -0.4 is 5.32 Å². The average Bonchev–Trinajstić information content (AvgIpc) is 2.32. The fourth-order valence-corrected chi connectivity index (χ4v) is 1.67. The highest BCUT2D eigenvalue weighted by atomic mass is 16.3. The molecule has 2 aromatic rings. The lowest BCUT2D eigenvalue weighted by molar-refractivity contribution is 0.102. The number of rotatable bonds is 2. The maximum Gasteiger partial charge on any atom is 0.257 e. The van der Waals surface area contributed by atoms with Gasteiger partial charge in [0.2, 0.25) is 0 Å². The Morgan fingerprint density at radius 3 is 2.61 bits per heavy atom. The first-order valence-electron chi connectivity index (χ1n) is 5.61. The molecule has 0 radical (unpaired) electrons. The fraction of sp³-hybridized carbons (Fsp3) is 0.143. The topological polar surface area (TPSA) is 62.2 Å². The number of phenols is 1. The summed E-state index contributed by atoms with van der Waals surface area (Å²) >= 11 is 0. The number of nitrogens with zero attached hydrogens (tertiary/aromatic N) is 1. The van der Waals surface area contributed by atoms with Crippen LogP contribution >= 0.6 is 0 Å². The molecule has 4 nitrogen and oxygen atoms in total. The molecule has 92 valence electrons. The monoisotopic (exact) mass is 242 g/mol. The molecule has 0 atom stereocenters. The zero-order valence-electron chi connectivity index (χ0n) is 10.3. The summed E-state index contributed by atoms with van der Waals surface area (Å²) in [5.74, 6) is 0.337. The van der Waals surface area contributed by atoms with Crippen molar-refractivity contribution in [2.75, 3.05) is 5.32 Å². The molecule has 1 aromatic heterocycles. The molecule has 0 fully saturated rings. The second-order valence-electron chi connectivity index (χ2n) is 4.07. The van der Waals surface area contributed by atoms with Gasteiger partial charge in [0.15, 0.2) is 0 Å². The number of anilines is 1. The molecule has 0 aliphatic carbocycles. The van der Waals surface area contributed by atoms with Gasteiger partial charge >= 0.3 is 0 Å². The molecule has 0 spiro atoms. The molecule has 0 aliphatic rings. The predicted octanol–water partition coefficient (Wildman–Crippen LogP) is 2.66. The van der Waals surface area contributed by atoms with Crippen molar-refractivity contribution < 1.29 is 9.90 Å². The minimum Gasteiger partial charge on any atom is -0.508 e. The summed E-state index contributed by atoms with van der Waals surface area (Å²) in [6, 6.07) is 10.3. The van der Waals surface area contributed by atoms with Crippen molar-refractivity contribution in [2.24, 2.45) is 0 Å². The normalized spacial score (nSPS) is 10.1. The van der Waals surface area contributed by atoms with Gasteiger partial charge in [-0.1, -0.05) is 12.1 Å². The zero-order valence-corrected chi connectivity index (χ0v) is 10.3. The molecule has 0 bridgehead atoms. The maximum absolute atomic E-state index is 12.0. The molecular formula is C14H14N2O2. The largest absolute Gasteiger partial charge is 0.508 e. The lowest BCUT2D eigenvalue weighted by atomic mass is 10.1. The van der Waals surface area contributed by atoms with E-state index in [9.17, 15) is 9.90 Å². The number of carbonyl (C=O) groups is 1. The summed E-state index contributed by atoms with van der Waals surface area (Å²) in [7, 11) is 0. The molecule has 0 unspecified atom stereocenters. The van der Waals surface area contributed by atoms with Gasteiger partial charge in [0.1, 0.15) is 11.6 Å². The number of nitrogens with one attached hydrogen (secondary N) is 1. The summed E-state index contributed by atoms with van der Waals surface area (Å²) in [6.07, 6.45) is 0. The second kappa shape index (κ2) is 4.87. The van der Waals surface area contributed by atoms with E-state index in [0.717, 1.165) is 5.69 Å². The van der Waals surface area contributed by atoms with E-state index in [1.54, 1.807) is 31.2 Å². The smallest absolute Gasteiger partial charge is 0.257 e. The first-order valence-corrected chi connectivity index (χ1v) is 5.61. The van der Waals surface area contributed by atoms with Crippen molar-refractivity contribution >= 4 is 11.7 Å². The molecule has 4 heteroatoms. The lowest BCUT2D eigenvalue weighted by Crippen LogP contribution is -2.14. The van der Waals surface area contributed by atoms with Crippen LogP contribution in [-0.4, -0.2) is 16.0 Å². The molecule has 2 N–H and O–H groups in total. The third-order valence-electron chi connectivity index (χ3n) is 2.68. The Morgan fingerprint density at radius 1 is 1.17 bits per heavy atom. The first-order chi connectivity index (χ1) is 8.58. The zero-order chi connectivity index (χ0) is 13.1. The number of hydrogen-bond donors (Lipinski definition) is 2. The Bertz CT molecular complexity index is 594. The van der Waals surface area contributed by atoms with Gasteiger partial charge in [0, 0.05) is 16.8 Å². The minimum absolute atomic E-state index is 0.111. The third-order valence-corrected chi connectivity index (χ3v) is 2.68. The van der Waals surface area contributed by atoms with E-state index in [0.29, 0.717) is 16.9 Å². The number of phenolic OH excluding ortho intramolecular Hbond substituents is 1. The Balaban J connectivity index is 2.25. The Morgan fingerprint density at radius 2 is 1.89 bits per heavy atom. The van der Waals surface area contributed by atoms with E-state index in [1.807, 2.05) is 19.1 Å². The van der Waals surface area contributed by atoms with Gasteiger partial charge in [-0.3, -0.25) is 4.79 Å². The van der Waals surface area contributed by atoms with Gasteiger partial charge in [0.05, 0.1) is 0 Å². The van der Waals surface area contributed by atoms with Crippen LogP contribution in [0.4, 0.5) is 5.82 Å². The van der Waals surface area contributed by atoms with Crippen LogP contribution in [0.15, 0.2) is 36.4 Å². The van der Waals surface area contributed by atoms with Crippen LogP contribution in [0.1, 0.15) is 21.6 Å². The molecule has 0 aliphatic heterocycles. The third kappa shape index (κ3) is 2.48. The molecule has 18 heavy (non-hydrogen) atoms. The highest BCUT2D eigenvalue weighted by Gasteiger charge is 2.11. The van der Waals surface area contributed by atoms with Crippen molar-refractivity contribution in [3.8, 4) is 5.75 Å². The van der Waals surface area contributed by atoms with Gasteiger partial charge < -0.3 is 10.4 Å². The molecule has 1 heterocycles. The van der Waals surface area contributed by atoms with E-state index in [1.165, 1.54) is 0 Å². The number of aromatic hydroxyl groups is 1. The van der Waals surface area contributed by atoms with Gasteiger partial charge in [-0.25, -0.2) is 4.98 Å². The molecule has 1 amide bonds. The summed E-state index contributed by atoms with van der Waals surface area (Å²) < 4.78 is 0. The van der Waals surface area contributed by atoms with Gasteiger partial charge in [0.25, 0.3) is 5.91 Å². The average molecular weight is 242 g/mol. The van der Waals surface area contributed by atoms with Crippen molar-refractivity contribution in [2.45, 2.75) is 13.8 Å². The number of hydrogen-bond acceptors (Lipinski definition) is 3. The van der Waals surface area contributed by atoms with Crippen LogP contribution in [0.3, 0.4) is 0 Å². The minimum atomic E-state index is -0.276. The highest BCUT2D eigenvalue weighted by molar-refractivity contribution is 6.05. The second-order valence-corrected chi connectivity index (χ2v) is 4.07. The summed E-state index contributed by atoms with van der Waals surface area (Å²) in [6.45, 7) is 3.56. The fourth-order valence-electron chi connectivity index (χ4n) is 1.67. The number of carbonyl (C=O) groups excluding carboxylic acids is 1. The number of amides is 1. The van der Waals surface area contributed by atoms with E-state index >= 15 is 0 Å². The van der Waals surface area contributed by atoms with Crippen LogP contribution in [0.25, 0.3) is 0 Å². The van der Waals surface area contributed by atoms with Crippen molar-refractivity contribution in [1.82, 2.24) is 4.98 Å². The van der Waals surface area contributed by atoms with Crippen LogP contribution in [0, 0.1) is 13.8 Å². The molecule has 0 saturated carbocycles. The van der Waals surface area contributed by atoms with Gasteiger partial charge in [-0.15, -0.1) is 0 Å². The number of aromatic nitrogens is 1. The molecule has 0 saturated heterocycles. The standard InChI is InChI=1S/C14H14N2O2/c1-9-5-3-8-13(15-9)16-14(18)11-6-4-7-12(17)10(11)2/h3-8,17H,1-2H3,(H,15,16,18). The van der Waals surface area contributed by atoms with E-state index in [-0.39, 0.29) is 11.7 Å². The first kappa shape index (κ1) is 12.1. The van der Waals surface area contributed by atoms with Crippen LogP contribution in [0.2, 0.25) is 0 Å².